The molecule has 1 fully saturated rings. The van der Waals surface area contributed by atoms with Gasteiger partial charge in [-0.05, 0) is 25.3 Å². The van der Waals surface area contributed by atoms with Crippen LogP contribution in [0.4, 0.5) is 5.95 Å². The Hall–Kier alpha value is -1.53. The van der Waals surface area contributed by atoms with Crippen LogP contribution in [-0.4, -0.2) is 60.0 Å². The highest BCUT2D eigenvalue weighted by atomic mass is 16.5. The zero-order chi connectivity index (χ0) is 15.4. The van der Waals surface area contributed by atoms with Crippen LogP contribution in [0.1, 0.15) is 35.8 Å². The van der Waals surface area contributed by atoms with E-state index in [0.29, 0.717) is 23.9 Å². The van der Waals surface area contributed by atoms with E-state index in [2.05, 4.69) is 27.1 Å². The number of Topliss-reactive ketones (excluding diaryl/α,β-unsaturated/α-hetero) is 1. The molecule has 1 aromatic heterocycles. The van der Waals surface area contributed by atoms with Crippen LogP contribution in [0.5, 0.6) is 0 Å². The molecule has 1 aliphatic heterocycles. The standard InChI is InChI=1S/C16H24N4O2/c1-12-9-14-13(15(21)10-12)11-18-16(19-14)17-3-2-4-20-5-7-22-8-6-20/h11-12H,2-10H2,1H3,(H,17,18,19)/t12-/m1/s1. The van der Waals surface area contributed by atoms with E-state index in [0.717, 1.165) is 57.9 Å². The van der Waals surface area contributed by atoms with Gasteiger partial charge in [-0.2, -0.15) is 0 Å². The van der Waals surface area contributed by atoms with Crippen LogP contribution in [0, 0.1) is 5.92 Å². The monoisotopic (exact) mass is 304 g/mol. The van der Waals surface area contributed by atoms with E-state index in [4.69, 9.17) is 4.74 Å². The molecule has 1 atom stereocenters. The molecule has 1 saturated heterocycles. The Kier molecular flexibility index (Phi) is 5.00. The van der Waals surface area contributed by atoms with Crippen LogP contribution in [0.3, 0.4) is 0 Å². The summed E-state index contributed by atoms with van der Waals surface area (Å²) >= 11 is 0. The highest BCUT2D eigenvalue weighted by Crippen LogP contribution is 2.23. The van der Waals surface area contributed by atoms with Crippen LogP contribution in [-0.2, 0) is 11.2 Å². The first-order valence-corrected chi connectivity index (χ1v) is 8.15. The predicted octanol–water partition coefficient (Wildman–Crippen LogP) is 1.38. The molecule has 0 saturated carbocycles. The molecule has 0 amide bonds. The van der Waals surface area contributed by atoms with E-state index in [1.807, 2.05) is 0 Å². The Bertz CT molecular complexity index is 529. The zero-order valence-electron chi connectivity index (χ0n) is 13.2. The van der Waals surface area contributed by atoms with Gasteiger partial charge in [-0.25, -0.2) is 9.97 Å². The molecule has 6 heteroatoms. The Balaban J connectivity index is 1.48. The maximum Gasteiger partial charge on any atom is 0.222 e. The molecule has 0 spiro atoms. The van der Waals surface area contributed by atoms with Crippen LogP contribution >= 0.6 is 0 Å². The number of carbonyl (C=O) groups is 1. The van der Waals surface area contributed by atoms with Gasteiger partial charge in [0.1, 0.15) is 0 Å². The van der Waals surface area contributed by atoms with Gasteiger partial charge in [0.2, 0.25) is 5.95 Å². The Labute approximate surface area is 131 Å². The highest BCUT2D eigenvalue weighted by Gasteiger charge is 2.24. The average Bonchev–Trinajstić information content (AvgIpc) is 2.52. The fourth-order valence-electron chi connectivity index (χ4n) is 3.05. The quantitative estimate of drug-likeness (QED) is 0.829. The van der Waals surface area contributed by atoms with Crippen molar-refractivity contribution in [3.05, 3.63) is 17.5 Å². The van der Waals surface area contributed by atoms with E-state index in [1.54, 1.807) is 6.20 Å². The third-order valence-electron chi connectivity index (χ3n) is 4.28. The van der Waals surface area contributed by atoms with E-state index in [-0.39, 0.29) is 5.78 Å². The van der Waals surface area contributed by atoms with Crippen molar-refractivity contribution >= 4 is 11.7 Å². The molecule has 22 heavy (non-hydrogen) atoms. The molecule has 6 nitrogen and oxygen atoms in total. The van der Waals surface area contributed by atoms with Gasteiger partial charge in [0.25, 0.3) is 0 Å². The number of hydrogen-bond donors (Lipinski definition) is 1. The summed E-state index contributed by atoms with van der Waals surface area (Å²) < 4.78 is 5.34. The third kappa shape index (κ3) is 3.81. The SMILES string of the molecule is C[C@H]1CC(=O)c2cnc(NCCCN3CCOCC3)nc2C1. The van der Waals surface area contributed by atoms with E-state index < -0.39 is 0 Å². The van der Waals surface area contributed by atoms with Crippen molar-refractivity contribution < 1.29 is 9.53 Å². The molecule has 1 N–H and O–H groups in total. The fraction of sp³-hybridized carbons (Fsp3) is 0.688. The number of ketones is 1. The minimum Gasteiger partial charge on any atom is -0.379 e. The largest absolute Gasteiger partial charge is 0.379 e. The normalized spacial score (nSPS) is 22.4. The van der Waals surface area contributed by atoms with Gasteiger partial charge in [-0.15, -0.1) is 0 Å². The molecule has 1 aromatic rings. The highest BCUT2D eigenvalue weighted by molar-refractivity contribution is 5.98. The van der Waals surface area contributed by atoms with Gasteiger partial charge in [0.05, 0.1) is 24.5 Å². The van der Waals surface area contributed by atoms with Crippen molar-refractivity contribution in [1.82, 2.24) is 14.9 Å². The number of nitrogens with zero attached hydrogens (tertiary/aromatic N) is 3. The smallest absolute Gasteiger partial charge is 0.222 e. The number of carbonyl (C=O) groups excluding carboxylic acids is 1. The first kappa shape index (κ1) is 15.4. The molecule has 2 heterocycles. The molecule has 0 radical (unpaired) electrons. The number of anilines is 1. The molecule has 2 aliphatic rings. The second-order valence-corrected chi connectivity index (χ2v) is 6.22. The summed E-state index contributed by atoms with van der Waals surface area (Å²) in [6.07, 6.45) is 4.21. The summed E-state index contributed by atoms with van der Waals surface area (Å²) in [6, 6.07) is 0. The number of rotatable bonds is 5. The van der Waals surface area contributed by atoms with Gasteiger partial charge in [-0.1, -0.05) is 6.92 Å². The van der Waals surface area contributed by atoms with Gasteiger partial charge >= 0.3 is 0 Å². The topological polar surface area (TPSA) is 67.4 Å². The minimum absolute atomic E-state index is 0.174. The number of ether oxygens (including phenoxy) is 1. The molecule has 0 bridgehead atoms. The van der Waals surface area contributed by atoms with Gasteiger partial charge < -0.3 is 10.1 Å². The number of nitrogens with one attached hydrogen (secondary N) is 1. The van der Waals surface area contributed by atoms with Crippen molar-refractivity contribution in [1.29, 1.82) is 0 Å². The molecular formula is C16H24N4O2. The molecule has 120 valence electrons. The maximum absolute atomic E-state index is 11.9. The molecule has 0 aromatic carbocycles. The van der Waals surface area contributed by atoms with Crippen molar-refractivity contribution in [2.75, 3.05) is 44.7 Å². The van der Waals surface area contributed by atoms with Crippen molar-refractivity contribution in [3.63, 3.8) is 0 Å². The molecule has 1 aliphatic carbocycles. The Morgan fingerprint density at radius 2 is 2.18 bits per heavy atom. The lowest BCUT2D eigenvalue weighted by Gasteiger charge is -2.26. The van der Waals surface area contributed by atoms with E-state index in [9.17, 15) is 4.79 Å². The van der Waals surface area contributed by atoms with Crippen molar-refractivity contribution in [3.8, 4) is 0 Å². The van der Waals surface area contributed by atoms with E-state index in [1.165, 1.54) is 0 Å². The third-order valence-corrected chi connectivity index (χ3v) is 4.28. The minimum atomic E-state index is 0.174. The second-order valence-electron chi connectivity index (χ2n) is 6.22. The molecule has 0 unspecified atom stereocenters. The van der Waals surface area contributed by atoms with Crippen molar-refractivity contribution in [2.45, 2.75) is 26.2 Å². The lowest BCUT2D eigenvalue weighted by molar-refractivity contribution is 0.0378. The lowest BCUT2D eigenvalue weighted by Crippen LogP contribution is -2.37. The fourth-order valence-corrected chi connectivity index (χ4v) is 3.05. The first-order valence-electron chi connectivity index (χ1n) is 8.15. The van der Waals surface area contributed by atoms with Gasteiger partial charge in [0, 0.05) is 32.3 Å². The van der Waals surface area contributed by atoms with Crippen LogP contribution < -0.4 is 5.32 Å². The number of hydrogen-bond acceptors (Lipinski definition) is 6. The maximum atomic E-state index is 11.9. The summed E-state index contributed by atoms with van der Waals surface area (Å²) in [6.45, 7) is 7.74. The number of fused-ring (bicyclic) bond motifs is 1. The zero-order valence-corrected chi connectivity index (χ0v) is 13.2. The number of aromatic nitrogens is 2. The summed E-state index contributed by atoms with van der Waals surface area (Å²) in [5.41, 5.74) is 1.60. The summed E-state index contributed by atoms with van der Waals surface area (Å²) in [5.74, 6) is 1.19. The summed E-state index contributed by atoms with van der Waals surface area (Å²) in [5, 5.41) is 3.27. The summed E-state index contributed by atoms with van der Waals surface area (Å²) in [4.78, 5) is 23.1. The van der Waals surface area contributed by atoms with Crippen molar-refractivity contribution in [2.24, 2.45) is 5.92 Å². The second kappa shape index (κ2) is 7.15. The van der Waals surface area contributed by atoms with Crippen LogP contribution in [0.15, 0.2) is 6.20 Å². The first-order chi connectivity index (χ1) is 10.7. The molecular weight excluding hydrogens is 280 g/mol. The molecule has 3 rings (SSSR count). The van der Waals surface area contributed by atoms with Gasteiger partial charge in [-0.3, -0.25) is 9.69 Å². The van der Waals surface area contributed by atoms with Crippen LogP contribution in [0.25, 0.3) is 0 Å². The average molecular weight is 304 g/mol. The van der Waals surface area contributed by atoms with Gasteiger partial charge in [0.15, 0.2) is 5.78 Å². The summed E-state index contributed by atoms with van der Waals surface area (Å²) in [7, 11) is 0. The van der Waals surface area contributed by atoms with Crippen LogP contribution in [0.2, 0.25) is 0 Å². The Morgan fingerprint density at radius 3 is 3.00 bits per heavy atom. The lowest BCUT2D eigenvalue weighted by atomic mass is 9.88. The Morgan fingerprint density at radius 1 is 1.36 bits per heavy atom. The van der Waals surface area contributed by atoms with E-state index >= 15 is 0 Å². The predicted molar refractivity (Wildman–Crippen MR) is 84.2 cm³/mol. The number of morpholine rings is 1.